The Bertz CT molecular complexity index is 943. The van der Waals surface area contributed by atoms with Crippen molar-refractivity contribution >= 4 is 45.7 Å². The average Bonchev–Trinajstić information content (AvgIpc) is 3.19. The highest BCUT2D eigenvalue weighted by Gasteiger charge is 2.11. The Balaban J connectivity index is 1.51. The van der Waals surface area contributed by atoms with Gasteiger partial charge in [0.2, 0.25) is 11.0 Å². The number of thioether (sulfide) groups is 1. The van der Waals surface area contributed by atoms with Crippen molar-refractivity contribution in [2.24, 2.45) is 0 Å². The minimum Gasteiger partial charge on any atom is -0.326 e. The fraction of sp³-hybridized carbons (Fsp3) is 0.238. The van der Waals surface area contributed by atoms with Gasteiger partial charge in [-0.05, 0) is 42.8 Å². The zero-order chi connectivity index (χ0) is 20.5. The van der Waals surface area contributed by atoms with Crippen LogP contribution in [0.15, 0.2) is 59.5 Å². The fourth-order valence-corrected chi connectivity index (χ4v) is 4.10. The normalized spacial score (nSPS) is 10.5. The van der Waals surface area contributed by atoms with Gasteiger partial charge in [-0.15, -0.1) is 22.0 Å². The second kappa shape index (κ2) is 10.7. The molecule has 8 heteroatoms. The van der Waals surface area contributed by atoms with Crippen molar-refractivity contribution in [3.05, 3.63) is 65.2 Å². The molecule has 0 radical (unpaired) electrons. The number of benzene rings is 2. The predicted octanol–water partition coefficient (Wildman–Crippen LogP) is 5.21. The van der Waals surface area contributed by atoms with Crippen LogP contribution in [0.1, 0.15) is 41.6 Å². The van der Waals surface area contributed by atoms with Crippen molar-refractivity contribution in [3.8, 4) is 0 Å². The third-order valence-corrected chi connectivity index (χ3v) is 6.03. The zero-order valence-corrected chi connectivity index (χ0v) is 17.7. The number of carbonyl (C=O) groups excluding carboxylic acids is 2. The van der Waals surface area contributed by atoms with Crippen LogP contribution in [-0.4, -0.2) is 22.0 Å². The molecule has 0 unspecified atom stereocenters. The van der Waals surface area contributed by atoms with Crippen molar-refractivity contribution < 1.29 is 9.59 Å². The Morgan fingerprint density at radius 2 is 1.76 bits per heavy atom. The number of hydrogen-bond donors (Lipinski definition) is 2. The van der Waals surface area contributed by atoms with E-state index in [0.29, 0.717) is 28.6 Å². The van der Waals surface area contributed by atoms with Gasteiger partial charge < -0.3 is 5.32 Å². The Labute approximate surface area is 178 Å². The van der Waals surface area contributed by atoms with Gasteiger partial charge in [-0.1, -0.05) is 42.9 Å². The fourth-order valence-electron chi connectivity index (χ4n) is 2.46. The molecule has 0 aliphatic rings. The lowest BCUT2D eigenvalue weighted by molar-refractivity contribution is -0.116. The molecule has 1 heterocycles. The molecule has 6 nitrogen and oxygen atoms in total. The molecule has 2 aromatic carbocycles. The van der Waals surface area contributed by atoms with Gasteiger partial charge in [-0.25, -0.2) is 0 Å². The first kappa shape index (κ1) is 21.0. The van der Waals surface area contributed by atoms with E-state index in [-0.39, 0.29) is 11.8 Å². The average molecular weight is 427 g/mol. The quantitative estimate of drug-likeness (QED) is 0.459. The minimum atomic E-state index is -0.257. The number of rotatable bonds is 9. The third kappa shape index (κ3) is 6.69. The van der Waals surface area contributed by atoms with Crippen molar-refractivity contribution in [2.75, 3.05) is 10.6 Å². The molecule has 0 saturated heterocycles. The summed E-state index contributed by atoms with van der Waals surface area (Å²) < 4.78 is 0. The summed E-state index contributed by atoms with van der Waals surface area (Å²) in [5, 5.41) is 15.1. The van der Waals surface area contributed by atoms with Crippen LogP contribution < -0.4 is 10.6 Å². The highest BCUT2D eigenvalue weighted by molar-refractivity contribution is 7.98. The lowest BCUT2D eigenvalue weighted by atomic mass is 10.2. The predicted molar refractivity (Wildman–Crippen MR) is 118 cm³/mol. The molecule has 0 spiro atoms. The van der Waals surface area contributed by atoms with Crippen LogP contribution in [0.25, 0.3) is 0 Å². The van der Waals surface area contributed by atoms with Crippen molar-refractivity contribution in [3.63, 3.8) is 0 Å². The Morgan fingerprint density at radius 1 is 1.00 bits per heavy atom. The number of anilines is 2. The Hall–Kier alpha value is -2.71. The molecular formula is C21H22N4O2S2. The van der Waals surface area contributed by atoms with E-state index in [4.69, 9.17) is 0 Å². The number of carbonyl (C=O) groups is 2. The molecule has 3 aromatic rings. The summed E-state index contributed by atoms with van der Waals surface area (Å²) in [5.41, 5.74) is 1.17. The molecule has 150 valence electrons. The number of unbranched alkanes of at least 4 members (excludes halogenated alkanes) is 1. The monoisotopic (exact) mass is 426 g/mol. The van der Waals surface area contributed by atoms with E-state index in [1.165, 1.54) is 11.3 Å². The maximum absolute atomic E-state index is 12.4. The lowest BCUT2D eigenvalue weighted by Gasteiger charge is -2.06. The molecule has 2 amide bonds. The summed E-state index contributed by atoms with van der Waals surface area (Å²) in [6, 6.07) is 16.9. The van der Waals surface area contributed by atoms with E-state index >= 15 is 0 Å². The smallest absolute Gasteiger partial charge is 0.257 e. The molecule has 0 saturated carbocycles. The van der Waals surface area contributed by atoms with Crippen LogP contribution in [0, 0.1) is 0 Å². The van der Waals surface area contributed by atoms with E-state index in [9.17, 15) is 9.59 Å². The van der Waals surface area contributed by atoms with Gasteiger partial charge in [0.15, 0.2) is 0 Å². The number of nitrogens with zero attached hydrogens (tertiary/aromatic N) is 2. The van der Waals surface area contributed by atoms with Gasteiger partial charge in [0.25, 0.3) is 5.91 Å². The van der Waals surface area contributed by atoms with Crippen LogP contribution in [0.2, 0.25) is 0 Å². The summed E-state index contributed by atoms with van der Waals surface area (Å²) >= 11 is 3.04. The van der Waals surface area contributed by atoms with Crippen LogP contribution in [-0.2, 0) is 10.5 Å². The summed E-state index contributed by atoms with van der Waals surface area (Å²) in [6.07, 6.45) is 2.34. The Morgan fingerprint density at radius 3 is 2.48 bits per heavy atom. The SMILES string of the molecule is CCCCC(=O)Nc1ccc(C(=O)Nc2nnc(CSc3ccccc3)s2)cc1. The van der Waals surface area contributed by atoms with Crippen molar-refractivity contribution in [2.45, 2.75) is 36.8 Å². The van der Waals surface area contributed by atoms with Crippen molar-refractivity contribution in [1.82, 2.24) is 10.2 Å². The second-order valence-electron chi connectivity index (χ2n) is 6.29. The first-order valence-electron chi connectivity index (χ1n) is 9.35. The van der Waals surface area contributed by atoms with E-state index in [1.807, 2.05) is 37.3 Å². The van der Waals surface area contributed by atoms with Crippen molar-refractivity contribution in [1.29, 1.82) is 0 Å². The molecule has 29 heavy (non-hydrogen) atoms. The number of aromatic nitrogens is 2. The first-order chi connectivity index (χ1) is 14.1. The van der Waals surface area contributed by atoms with Gasteiger partial charge in [0, 0.05) is 22.6 Å². The van der Waals surface area contributed by atoms with E-state index in [2.05, 4.69) is 20.8 Å². The molecule has 0 fully saturated rings. The topological polar surface area (TPSA) is 84.0 Å². The molecule has 0 aliphatic heterocycles. The van der Waals surface area contributed by atoms with Gasteiger partial charge in [-0.3, -0.25) is 14.9 Å². The number of amides is 2. The summed E-state index contributed by atoms with van der Waals surface area (Å²) in [5.74, 6) is 0.426. The highest BCUT2D eigenvalue weighted by atomic mass is 32.2. The summed E-state index contributed by atoms with van der Waals surface area (Å²) in [7, 11) is 0. The molecule has 0 bridgehead atoms. The molecule has 0 aliphatic carbocycles. The van der Waals surface area contributed by atoms with E-state index in [0.717, 1.165) is 22.7 Å². The molecule has 0 atom stereocenters. The van der Waals surface area contributed by atoms with Gasteiger partial charge in [-0.2, -0.15) is 0 Å². The standard InChI is InChI=1S/C21H22N4O2S2/c1-2-3-9-18(26)22-16-12-10-15(11-13-16)20(27)23-21-25-24-19(29-21)14-28-17-7-5-4-6-8-17/h4-8,10-13H,2-3,9,14H2,1H3,(H,22,26)(H,23,25,27). The number of hydrogen-bond acceptors (Lipinski definition) is 6. The van der Waals surface area contributed by atoms with Gasteiger partial charge in [0.1, 0.15) is 5.01 Å². The minimum absolute atomic E-state index is 0.0150. The molecule has 1 aromatic heterocycles. The maximum Gasteiger partial charge on any atom is 0.257 e. The van der Waals surface area contributed by atoms with Crippen LogP contribution in [0.3, 0.4) is 0 Å². The molecular weight excluding hydrogens is 404 g/mol. The van der Waals surface area contributed by atoms with E-state index in [1.54, 1.807) is 36.0 Å². The zero-order valence-electron chi connectivity index (χ0n) is 16.1. The maximum atomic E-state index is 12.4. The van der Waals surface area contributed by atoms with Crippen LogP contribution in [0.5, 0.6) is 0 Å². The first-order valence-corrected chi connectivity index (χ1v) is 11.2. The van der Waals surface area contributed by atoms with Gasteiger partial charge >= 0.3 is 0 Å². The summed E-state index contributed by atoms with van der Waals surface area (Å²) in [6.45, 7) is 2.05. The highest BCUT2D eigenvalue weighted by Crippen LogP contribution is 2.26. The molecule has 3 rings (SSSR count). The van der Waals surface area contributed by atoms with Crippen LogP contribution >= 0.6 is 23.1 Å². The lowest BCUT2D eigenvalue weighted by Crippen LogP contribution is -2.13. The Kier molecular flexibility index (Phi) is 7.77. The summed E-state index contributed by atoms with van der Waals surface area (Å²) in [4.78, 5) is 25.3. The second-order valence-corrected chi connectivity index (χ2v) is 8.40. The number of nitrogens with one attached hydrogen (secondary N) is 2. The van der Waals surface area contributed by atoms with E-state index < -0.39 is 0 Å². The third-order valence-electron chi connectivity index (χ3n) is 3.98. The molecule has 2 N–H and O–H groups in total. The largest absolute Gasteiger partial charge is 0.326 e. The van der Waals surface area contributed by atoms with Crippen LogP contribution in [0.4, 0.5) is 10.8 Å². The van der Waals surface area contributed by atoms with Gasteiger partial charge in [0.05, 0.1) is 5.75 Å².